The van der Waals surface area contributed by atoms with Crippen molar-refractivity contribution in [3.8, 4) is 6.07 Å². The highest BCUT2D eigenvalue weighted by molar-refractivity contribution is 5.84. The zero-order chi connectivity index (χ0) is 10.4. The average Bonchev–Trinajstić information content (AvgIpc) is 2.26. The lowest BCUT2D eigenvalue weighted by molar-refractivity contribution is -0.121. The summed E-state index contributed by atoms with van der Waals surface area (Å²) in [7, 11) is 0. The number of benzene rings is 1. The van der Waals surface area contributed by atoms with Crippen molar-refractivity contribution in [2.24, 2.45) is 5.73 Å². The molecule has 4 heteroatoms. The number of nitrogens with one attached hydrogen (secondary N) is 1. The summed E-state index contributed by atoms with van der Waals surface area (Å²) in [5.74, 6) is -0.448. The molecule has 72 valence electrons. The number of hydrogen-bond acceptors (Lipinski definition) is 3. The third-order valence-corrected chi connectivity index (χ3v) is 1.73. The second-order valence-corrected chi connectivity index (χ2v) is 2.81. The van der Waals surface area contributed by atoms with E-state index in [1.807, 2.05) is 30.3 Å². The van der Waals surface area contributed by atoms with E-state index in [-0.39, 0.29) is 0 Å². The van der Waals surface area contributed by atoms with Gasteiger partial charge >= 0.3 is 0 Å². The molecule has 0 unspecified atom stereocenters. The Bertz CT molecular complexity index is 342. The Labute approximate surface area is 82.3 Å². The van der Waals surface area contributed by atoms with Gasteiger partial charge in [-0.05, 0) is 5.56 Å². The van der Waals surface area contributed by atoms with Crippen LogP contribution in [0.3, 0.4) is 0 Å². The van der Waals surface area contributed by atoms with Gasteiger partial charge in [0.15, 0.2) is 6.04 Å². The Hall–Kier alpha value is -1.86. The van der Waals surface area contributed by atoms with Crippen molar-refractivity contribution in [2.45, 2.75) is 12.6 Å². The SMILES string of the molecule is N#C[C@@H](N)C(=O)NCc1ccccc1. The fourth-order valence-electron chi connectivity index (χ4n) is 0.954. The Balaban J connectivity index is 2.43. The molecule has 0 heterocycles. The van der Waals surface area contributed by atoms with Crippen LogP contribution in [0.15, 0.2) is 30.3 Å². The second kappa shape index (κ2) is 5.00. The van der Waals surface area contributed by atoms with E-state index in [9.17, 15) is 4.79 Å². The van der Waals surface area contributed by atoms with Gasteiger partial charge in [0.25, 0.3) is 5.91 Å². The quantitative estimate of drug-likeness (QED) is 0.710. The lowest BCUT2D eigenvalue weighted by atomic mass is 10.2. The number of nitrogens with zero attached hydrogens (tertiary/aromatic N) is 1. The predicted molar refractivity (Wildman–Crippen MR) is 51.9 cm³/mol. The summed E-state index contributed by atoms with van der Waals surface area (Å²) in [6.07, 6.45) is 0. The Morgan fingerprint density at radius 3 is 2.71 bits per heavy atom. The zero-order valence-electron chi connectivity index (χ0n) is 7.60. The molecule has 1 amide bonds. The van der Waals surface area contributed by atoms with Gasteiger partial charge in [-0.3, -0.25) is 4.79 Å². The van der Waals surface area contributed by atoms with Crippen molar-refractivity contribution < 1.29 is 4.79 Å². The first-order valence-electron chi connectivity index (χ1n) is 4.21. The van der Waals surface area contributed by atoms with Gasteiger partial charge in [-0.25, -0.2) is 0 Å². The van der Waals surface area contributed by atoms with Crippen LogP contribution in [0.25, 0.3) is 0 Å². The molecule has 4 nitrogen and oxygen atoms in total. The highest BCUT2D eigenvalue weighted by Gasteiger charge is 2.10. The van der Waals surface area contributed by atoms with E-state index >= 15 is 0 Å². The van der Waals surface area contributed by atoms with E-state index < -0.39 is 11.9 Å². The maximum atomic E-state index is 11.1. The molecule has 1 aromatic rings. The summed E-state index contributed by atoms with van der Waals surface area (Å²) < 4.78 is 0. The highest BCUT2D eigenvalue weighted by Crippen LogP contribution is 1.96. The predicted octanol–water partition coefficient (Wildman–Crippen LogP) is 0.154. The van der Waals surface area contributed by atoms with E-state index in [0.717, 1.165) is 5.56 Å². The molecule has 0 fully saturated rings. The summed E-state index contributed by atoms with van der Waals surface area (Å²) in [6.45, 7) is 0.398. The van der Waals surface area contributed by atoms with Crippen molar-refractivity contribution >= 4 is 5.91 Å². The topological polar surface area (TPSA) is 78.9 Å². The van der Waals surface area contributed by atoms with Gasteiger partial charge in [-0.15, -0.1) is 0 Å². The number of amides is 1. The van der Waals surface area contributed by atoms with Crippen molar-refractivity contribution in [1.82, 2.24) is 5.32 Å². The normalized spacial score (nSPS) is 11.4. The molecule has 0 aliphatic heterocycles. The van der Waals surface area contributed by atoms with Crippen LogP contribution in [0.2, 0.25) is 0 Å². The molecular formula is C10H11N3O. The third-order valence-electron chi connectivity index (χ3n) is 1.73. The molecule has 0 spiro atoms. The number of rotatable bonds is 3. The molecule has 1 atom stereocenters. The van der Waals surface area contributed by atoms with Crippen LogP contribution in [-0.4, -0.2) is 11.9 Å². The fraction of sp³-hybridized carbons (Fsp3) is 0.200. The summed E-state index contributed by atoms with van der Waals surface area (Å²) in [5.41, 5.74) is 6.19. The fourth-order valence-corrected chi connectivity index (χ4v) is 0.954. The number of carbonyl (C=O) groups excluding carboxylic acids is 1. The van der Waals surface area contributed by atoms with Crippen molar-refractivity contribution in [3.63, 3.8) is 0 Å². The van der Waals surface area contributed by atoms with Gasteiger partial charge in [0, 0.05) is 6.54 Å². The summed E-state index contributed by atoms with van der Waals surface area (Å²) >= 11 is 0. The van der Waals surface area contributed by atoms with E-state index in [1.54, 1.807) is 6.07 Å². The highest BCUT2D eigenvalue weighted by atomic mass is 16.2. The van der Waals surface area contributed by atoms with Crippen molar-refractivity contribution in [1.29, 1.82) is 5.26 Å². The van der Waals surface area contributed by atoms with Gasteiger partial charge in [0.2, 0.25) is 0 Å². The molecule has 0 radical (unpaired) electrons. The number of carbonyl (C=O) groups is 1. The minimum Gasteiger partial charge on any atom is -0.350 e. The van der Waals surface area contributed by atoms with E-state index in [1.165, 1.54) is 0 Å². The molecular weight excluding hydrogens is 178 g/mol. The van der Waals surface area contributed by atoms with Gasteiger partial charge in [-0.2, -0.15) is 5.26 Å². The molecule has 0 saturated heterocycles. The lowest BCUT2D eigenvalue weighted by Gasteiger charge is -2.05. The largest absolute Gasteiger partial charge is 0.350 e. The monoisotopic (exact) mass is 189 g/mol. The van der Waals surface area contributed by atoms with E-state index in [2.05, 4.69) is 5.32 Å². The summed E-state index contributed by atoms with van der Waals surface area (Å²) in [6, 6.07) is 10.0. The van der Waals surface area contributed by atoms with Crippen LogP contribution in [0.1, 0.15) is 5.56 Å². The van der Waals surface area contributed by atoms with Crippen LogP contribution in [0.5, 0.6) is 0 Å². The maximum Gasteiger partial charge on any atom is 0.251 e. The molecule has 0 aliphatic carbocycles. The van der Waals surface area contributed by atoms with Gasteiger partial charge in [0.1, 0.15) is 0 Å². The zero-order valence-corrected chi connectivity index (χ0v) is 7.60. The van der Waals surface area contributed by atoms with Gasteiger partial charge in [-0.1, -0.05) is 30.3 Å². The minimum atomic E-state index is -1.08. The first kappa shape index (κ1) is 10.2. The van der Waals surface area contributed by atoms with Crippen LogP contribution in [0, 0.1) is 11.3 Å². The van der Waals surface area contributed by atoms with Crippen LogP contribution < -0.4 is 11.1 Å². The minimum absolute atomic E-state index is 0.398. The maximum absolute atomic E-state index is 11.1. The molecule has 1 aromatic carbocycles. The number of hydrogen-bond donors (Lipinski definition) is 2. The first-order valence-corrected chi connectivity index (χ1v) is 4.21. The van der Waals surface area contributed by atoms with Crippen LogP contribution in [-0.2, 0) is 11.3 Å². The van der Waals surface area contributed by atoms with Crippen LogP contribution in [0.4, 0.5) is 0 Å². The molecule has 0 bridgehead atoms. The molecule has 0 aromatic heterocycles. The smallest absolute Gasteiger partial charge is 0.251 e. The van der Waals surface area contributed by atoms with Crippen molar-refractivity contribution in [2.75, 3.05) is 0 Å². The standard InChI is InChI=1S/C10H11N3O/c11-6-9(12)10(14)13-7-8-4-2-1-3-5-8/h1-5,9H,7,12H2,(H,13,14)/t9-/m1/s1. The van der Waals surface area contributed by atoms with E-state index in [0.29, 0.717) is 6.54 Å². The molecule has 0 saturated carbocycles. The average molecular weight is 189 g/mol. The number of nitrogens with two attached hydrogens (primary N) is 1. The molecule has 1 rings (SSSR count). The Morgan fingerprint density at radius 1 is 1.50 bits per heavy atom. The summed E-state index contributed by atoms with van der Waals surface area (Å²) in [4.78, 5) is 11.1. The first-order chi connectivity index (χ1) is 6.74. The van der Waals surface area contributed by atoms with Crippen molar-refractivity contribution in [3.05, 3.63) is 35.9 Å². The number of nitriles is 1. The Kier molecular flexibility index (Phi) is 3.65. The molecule has 0 aliphatic rings. The third kappa shape index (κ3) is 2.88. The second-order valence-electron chi connectivity index (χ2n) is 2.81. The van der Waals surface area contributed by atoms with Gasteiger partial charge < -0.3 is 11.1 Å². The van der Waals surface area contributed by atoms with Gasteiger partial charge in [0.05, 0.1) is 6.07 Å². The van der Waals surface area contributed by atoms with Crippen LogP contribution >= 0.6 is 0 Å². The van der Waals surface area contributed by atoms with E-state index in [4.69, 9.17) is 11.0 Å². The summed E-state index contributed by atoms with van der Waals surface area (Å²) in [5, 5.41) is 10.9. The lowest BCUT2D eigenvalue weighted by Crippen LogP contribution is -2.39. The molecule has 3 N–H and O–H groups in total. The Morgan fingerprint density at radius 2 is 2.14 bits per heavy atom. The molecule has 14 heavy (non-hydrogen) atoms.